The van der Waals surface area contributed by atoms with E-state index in [0.29, 0.717) is 35.6 Å². The van der Waals surface area contributed by atoms with E-state index >= 15 is 0 Å². The zero-order chi connectivity index (χ0) is 25.3. The van der Waals surface area contributed by atoms with Gasteiger partial charge in [0.1, 0.15) is 35.4 Å². The van der Waals surface area contributed by atoms with Crippen molar-refractivity contribution in [1.82, 2.24) is 19.9 Å². The number of aromatic nitrogens is 3. The van der Waals surface area contributed by atoms with E-state index in [1.807, 2.05) is 66.7 Å². The number of benzene rings is 1. The highest BCUT2D eigenvalue weighted by Gasteiger charge is 2.11. The molecule has 5 rings (SSSR count). The third-order valence-corrected chi connectivity index (χ3v) is 5.83. The Kier molecular flexibility index (Phi) is 8.04. The minimum absolute atomic E-state index is 0.495. The molecule has 0 saturated carbocycles. The predicted molar refractivity (Wildman–Crippen MR) is 142 cm³/mol. The van der Waals surface area contributed by atoms with Crippen molar-refractivity contribution in [2.24, 2.45) is 0 Å². The highest BCUT2D eigenvalue weighted by atomic mass is 16.5. The first kappa shape index (κ1) is 24.5. The van der Waals surface area contributed by atoms with Crippen LogP contribution in [0.3, 0.4) is 0 Å². The van der Waals surface area contributed by atoms with Crippen LogP contribution in [-0.4, -0.2) is 66.4 Å². The number of hydrogen-bond acceptors (Lipinski definition) is 9. The van der Waals surface area contributed by atoms with Crippen molar-refractivity contribution in [2.75, 3.05) is 51.9 Å². The summed E-state index contributed by atoms with van der Waals surface area (Å²) in [7, 11) is 1.65. The summed E-state index contributed by atoms with van der Waals surface area (Å²) in [4.78, 5) is 15.7. The van der Waals surface area contributed by atoms with Crippen molar-refractivity contribution in [3.8, 4) is 23.0 Å². The second kappa shape index (κ2) is 12.2. The molecule has 0 bridgehead atoms. The lowest BCUT2D eigenvalue weighted by atomic mass is 10.2. The van der Waals surface area contributed by atoms with E-state index in [0.717, 1.165) is 49.9 Å². The largest absolute Gasteiger partial charge is 0.497 e. The second-order valence-corrected chi connectivity index (χ2v) is 8.38. The molecule has 1 aliphatic rings. The first-order chi connectivity index (χ1) is 18.2. The number of anilines is 2. The molecule has 4 heterocycles. The predicted octanol–water partition coefficient (Wildman–Crippen LogP) is 4.77. The Morgan fingerprint density at radius 3 is 2.68 bits per heavy atom. The fraction of sp³-hybridized carbons (Fsp3) is 0.250. The van der Waals surface area contributed by atoms with Gasteiger partial charge in [0.05, 0.1) is 26.5 Å². The number of nitrogens with one attached hydrogen (secondary N) is 1. The van der Waals surface area contributed by atoms with Gasteiger partial charge in [0, 0.05) is 38.0 Å². The molecule has 1 saturated heterocycles. The third-order valence-electron chi connectivity index (χ3n) is 5.83. The monoisotopic (exact) mass is 499 g/mol. The standard InChI is InChI=1S/C28H29N5O4/c1-34-22-8-5-21(6-9-22)7-10-28-30-20-25(37-28)24-3-2-4-26(31-24)32-27-19-23(11-12-29-27)36-18-15-33-13-16-35-17-14-33/h2-12,19-20H,13-18H2,1H3,(H,29,31,32)/b10-7+. The zero-order valence-corrected chi connectivity index (χ0v) is 20.7. The Morgan fingerprint density at radius 1 is 0.973 bits per heavy atom. The van der Waals surface area contributed by atoms with E-state index in [-0.39, 0.29) is 0 Å². The van der Waals surface area contributed by atoms with Gasteiger partial charge in [0.2, 0.25) is 5.89 Å². The van der Waals surface area contributed by atoms with Gasteiger partial charge in [-0.25, -0.2) is 15.0 Å². The molecule has 0 atom stereocenters. The van der Waals surface area contributed by atoms with Crippen LogP contribution in [0.1, 0.15) is 11.5 Å². The van der Waals surface area contributed by atoms with Crippen LogP contribution in [-0.2, 0) is 4.74 Å². The highest BCUT2D eigenvalue weighted by Crippen LogP contribution is 2.23. The molecule has 0 aliphatic carbocycles. The van der Waals surface area contributed by atoms with Crippen LogP contribution in [0.25, 0.3) is 23.6 Å². The number of ether oxygens (including phenoxy) is 3. The van der Waals surface area contributed by atoms with Crippen LogP contribution >= 0.6 is 0 Å². The van der Waals surface area contributed by atoms with Gasteiger partial charge in [-0.1, -0.05) is 18.2 Å². The smallest absolute Gasteiger partial charge is 0.219 e. The number of morpholine rings is 1. The van der Waals surface area contributed by atoms with E-state index in [1.54, 1.807) is 19.5 Å². The van der Waals surface area contributed by atoms with Crippen LogP contribution in [0.2, 0.25) is 0 Å². The van der Waals surface area contributed by atoms with Gasteiger partial charge in [0.25, 0.3) is 0 Å². The summed E-state index contributed by atoms with van der Waals surface area (Å²) in [6, 6.07) is 17.1. The van der Waals surface area contributed by atoms with E-state index in [4.69, 9.17) is 18.6 Å². The van der Waals surface area contributed by atoms with Gasteiger partial charge in [-0.2, -0.15) is 0 Å². The average molecular weight is 500 g/mol. The van der Waals surface area contributed by atoms with Gasteiger partial charge in [-0.3, -0.25) is 4.90 Å². The Bertz CT molecular complexity index is 1320. The molecule has 1 aliphatic heterocycles. The summed E-state index contributed by atoms with van der Waals surface area (Å²) >= 11 is 0. The number of methoxy groups -OCH3 is 1. The summed E-state index contributed by atoms with van der Waals surface area (Å²) in [5.74, 6) is 3.93. The molecule has 0 radical (unpaired) electrons. The molecule has 37 heavy (non-hydrogen) atoms. The van der Waals surface area contributed by atoms with Gasteiger partial charge < -0.3 is 23.9 Å². The van der Waals surface area contributed by atoms with Crippen molar-refractivity contribution < 1.29 is 18.6 Å². The Morgan fingerprint density at radius 2 is 1.84 bits per heavy atom. The van der Waals surface area contributed by atoms with Crippen LogP contribution in [0, 0.1) is 0 Å². The number of nitrogens with zero attached hydrogens (tertiary/aromatic N) is 4. The Labute approximate surface area is 215 Å². The van der Waals surface area contributed by atoms with E-state index in [2.05, 4.69) is 25.2 Å². The molecule has 1 aromatic carbocycles. The van der Waals surface area contributed by atoms with Crippen LogP contribution < -0.4 is 14.8 Å². The maximum absolute atomic E-state index is 5.93. The third kappa shape index (κ3) is 6.93. The molecular formula is C28H29N5O4. The van der Waals surface area contributed by atoms with Crippen molar-refractivity contribution >= 4 is 23.8 Å². The number of pyridine rings is 2. The van der Waals surface area contributed by atoms with Crippen LogP contribution in [0.15, 0.2) is 71.4 Å². The number of rotatable bonds is 10. The molecule has 0 spiro atoms. The van der Waals surface area contributed by atoms with E-state index < -0.39 is 0 Å². The maximum Gasteiger partial charge on any atom is 0.219 e. The lowest BCUT2D eigenvalue weighted by Crippen LogP contribution is -2.38. The maximum atomic E-state index is 5.93. The SMILES string of the molecule is COc1ccc(/C=C/c2ncc(-c3cccc(Nc4cc(OCCN5CCOCC5)ccn4)n3)o2)cc1. The highest BCUT2D eigenvalue weighted by molar-refractivity contribution is 5.67. The van der Waals surface area contributed by atoms with Crippen LogP contribution in [0.5, 0.6) is 11.5 Å². The molecule has 9 nitrogen and oxygen atoms in total. The van der Waals surface area contributed by atoms with Crippen molar-refractivity contribution in [3.05, 3.63) is 78.4 Å². The minimum Gasteiger partial charge on any atom is -0.497 e. The quantitative estimate of drug-likeness (QED) is 0.331. The van der Waals surface area contributed by atoms with Crippen molar-refractivity contribution in [3.63, 3.8) is 0 Å². The van der Waals surface area contributed by atoms with Gasteiger partial charge in [-0.15, -0.1) is 0 Å². The number of hydrogen-bond donors (Lipinski definition) is 1. The first-order valence-corrected chi connectivity index (χ1v) is 12.2. The summed E-state index contributed by atoms with van der Waals surface area (Å²) in [5.41, 5.74) is 1.68. The lowest BCUT2D eigenvalue weighted by Gasteiger charge is -2.26. The zero-order valence-electron chi connectivity index (χ0n) is 20.7. The Hall–Kier alpha value is -4.21. The summed E-state index contributed by atoms with van der Waals surface area (Å²) < 4.78 is 22.4. The van der Waals surface area contributed by atoms with Gasteiger partial charge in [-0.05, 0) is 42.0 Å². The van der Waals surface area contributed by atoms with Crippen molar-refractivity contribution in [2.45, 2.75) is 0 Å². The molecule has 0 unspecified atom stereocenters. The summed E-state index contributed by atoms with van der Waals surface area (Å²) in [5, 5.41) is 3.24. The summed E-state index contributed by atoms with van der Waals surface area (Å²) in [6.07, 6.45) is 7.14. The fourth-order valence-corrected chi connectivity index (χ4v) is 3.83. The number of oxazole rings is 1. The molecular weight excluding hydrogens is 470 g/mol. The molecule has 1 fully saturated rings. The topological polar surface area (TPSA) is 94.8 Å². The molecule has 9 heteroatoms. The van der Waals surface area contributed by atoms with Crippen LogP contribution in [0.4, 0.5) is 11.6 Å². The molecule has 3 aromatic heterocycles. The van der Waals surface area contributed by atoms with Gasteiger partial charge in [0.15, 0.2) is 5.76 Å². The lowest BCUT2D eigenvalue weighted by molar-refractivity contribution is 0.0322. The molecule has 0 amide bonds. The van der Waals surface area contributed by atoms with Gasteiger partial charge >= 0.3 is 0 Å². The average Bonchev–Trinajstić information content (AvgIpc) is 3.42. The van der Waals surface area contributed by atoms with Crippen molar-refractivity contribution in [1.29, 1.82) is 0 Å². The minimum atomic E-state index is 0.495. The normalized spacial score (nSPS) is 14.1. The first-order valence-electron chi connectivity index (χ1n) is 12.2. The second-order valence-electron chi connectivity index (χ2n) is 8.38. The van der Waals surface area contributed by atoms with E-state index in [1.165, 1.54) is 0 Å². The summed E-state index contributed by atoms with van der Waals surface area (Å²) in [6.45, 7) is 4.93. The van der Waals surface area contributed by atoms with E-state index in [9.17, 15) is 0 Å². The molecule has 4 aromatic rings. The molecule has 1 N–H and O–H groups in total. The fourth-order valence-electron chi connectivity index (χ4n) is 3.83. The molecule has 190 valence electrons. The Balaban J connectivity index is 1.19.